The van der Waals surface area contributed by atoms with Crippen LogP contribution in [-0.2, 0) is 0 Å². The van der Waals surface area contributed by atoms with Gasteiger partial charge in [0.05, 0.1) is 11.3 Å². The average Bonchev–Trinajstić information content (AvgIpc) is 3.46. The van der Waals surface area contributed by atoms with E-state index < -0.39 is 11.8 Å². The summed E-state index contributed by atoms with van der Waals surface area (Å²) in [6.45, 7) is 0. The molecule has 2 aliphatic carbocycles. The fourth-order valence-corrected chi connectivity index (χ4v) is 3.21. The minimum Gasteiger partial charge on any atom is -0.478 e. The lowest BCUT2D eigenvalue weighted by Crippen LogP contribution is -2.13. The van der Waals surface area contributed by atoms with Crippen molar-refractivity contribution in [2.75, 3.05) is 11.9 Å². The van der Waals surface area contributed by atoms with E-state index in [9.17, 15) is 9.18 Å². The first-order valence-electron chi connectivity index (χ1n) is 8.44. The van der Waals surface area contributed by atoms with Gasteiger partial charge in [-0.3, -0.25) is 0 Å². The monoisotopic (exact) mass is 325 g/mol. The van der Waals surface area contributed by atoms with Gasteiger partial charge in [0.1, 0.15) is 5.82 Å². The third-order valence-electron chi connectivity index (χ3n) is 5.00. The number of anilines is 2. The Balaban J connectivity index is 1.71. The van der Waals surface area contributed by atoms with Gasteiger partial charge in [0.2, 0.25) is 0 Å². The van der Waals surface area contributed by atoms with Gasteiger partial charge in [0, 0.05) is 12.7 Å². The molecule has 2 aliphatic rings. The molecule has 0 heterocycles. The topological polar surface area (TPSA) is 40.5 Å². The largest absolute Gasteiger partial charge is 0.478 e. The Hall–Kier alpha value is -2.36. The smallest absolute Gasteiger partial charge is 0.335 e. The first-order valence-corrected chi connectivity index (χ1v) is 8.44. The first-order chi connectivity index (χ1) is 11.5. The van der Waals surface area contributed by atoms with Crippen LogP contribution in [0.1, 0.15) is 59.0 Å². The summed E-state index contributed by atoms with van der Waals surface area (Å²) < 4.78 is 14.4. The Morgan fingerprint density at radius 1 is 1.04 bits per heavy atom. The number of carboxylic acid groups (broad SMARTS) is 1. The Labute approximate surface area is 140 Å². The zero-order valence-corrected chi connectivity index (χ0v) is 13.6. The van der Waals surface area contributed by atoms with Crippen LogP contribution in [0, 0.1) is 5.82 Å². The highest BCUT2D eigenvalue weighted by Crippen LogP contribution is 2.46. The van der Waals surface area contributed by atoms with E-state index in [4.69, 9.17) is 5.11 Å². The lowest BCUT2D eigenvalue weighted by Gasteiger charge is -2.22. The quantitative estimate of drug-likeness (QED) is 0.836. The number of carboxylic acids is 1. The number of hydrogen-bond donors (Lipinski definition) is 1. The number of rotatable bonds is 5. The molecule has 2 fully saturated rings. The molecule has 4 heteroatoms. The van der Waals surface area contributed by atoms with Crippen LogP contribution in [0.3, 0.4) is 0 Å². The third kappa shape index (κ3) is 2.88. The molecule has 0 saturated heterocycles. The summed E-state index contributed by atoms with van der Waals surface area (Å²) in [7, 11) is 1.83. The number of aromatic carboxylic acids is 1. The van der Waals surface area contributed by atoms with Crippen LogP contribution in [0.4, 0.5) is 15.8 Å². The van der Waals surface area contributed by atoms with E-state index in [2.05, 4.69) is 18.2 Å². The van der Waals surface area contributed by atoms with Crippen molar-refractivity contribution < 1.29 is 14.3 Å². The van der Waals surface area contributed by atoms with Gasteiger partial charge in [-0.05, 0) is 79.0 Å². The molecule has 124 valence electrons. The van der Waals surface area contributed by atoms with Crippen molar-refractivity contribution in [2.24, 2.45) is 0 Å². The van der Waals surface area contributed by atoms with Crippen LogP contribution < -0.4 is 4.90 Å². The predicted octanol–water partition coefficient (Wildman–Crippen LogP) is 5.05. The van der Waals surface area contributed by atoms with Crippen molar-refractivity contribution in [3.63, 3.8) is 0 Å². The Morgan fingerprint density at radius 2 is 1.62 bits per heavy atom. The van der Waals surface area contributed by atoms with E-state index in [0.717, 1.165) is 11.8 Å². The molecule has 4 rings (SSSR count). The highest BCUT2D eigenvalue weighted by atomic mass is 19.1. The molecule has 0 amide bonds. The predicted molar refractivity (Wildman–Crippen MR) is 91.8 cm³/mol. The molecule has 0 bridgehead atoms. The summed E-state index contributed by atoms with van der Waals surface area (Å²) in [6.07, 6.45) is 4.94. The third-order valence-corrected chi connectivity index (χ3v) is 5.00. The summed E-state index contributed by atoms with van der Waals surface area (Å²) in [4.78, 5) is 12.8. The van der Waals surface area contributed by atoms with E-state index in [1.165, 1.54) is 42.9 Å². The van der Waals surface area contributed by atoms with Gasteiger partial charge >= 0.3 is 5.97 Å². The molecule has 2 saturated carbocycles. The molecular formula is C20H20FNO2. The molecule has 2 aromatic rings. The second-order valence-corrected chi connectivity index (χ2v) is 6.94. The van der Waals surface area contributed by atoms with Crippen molar-refractivity contribution in [3.05, 3.63) is 58.9 Å². The van der Waals surface area contributed by atoms with Crippen molar-refractivity contribution in [3.8, 4) is 0 Å². The second kappa shape index (κ2) is 5.62. The molecule has 3 nitrogen and oxygen atoms in total. The standard InChI is InChI=1S/C20H20FNO2/c1-22(19-7-6-14(20(23)24)11-18(19)21)17-9-15(12-2-3-12)8-16(10-17)13-4-5-13/h6-13H,2-5H2,1H3,(H,23,24). The van der Waals surface area contributed by atoms with E-state index in [0.29, 0.717) is 17.5 Å². The zero-order chi connectivity index (χ0) is 16.8. The maximum Gasteiger partial charge on any atom is 0.335 e. The van der Waals surface area contributed by atoms with Gasteiger partial charge in [-0.1, -0.05) is 6.07 Å². The molecule has 0 radical (unpaired) electrons. The lowest BCUT2D eigenvalue weighted by atomic mass is 10.0. The van der Waals surface area contributed by atoms with E-state index >= 15 is 0 Å². The zero-order valence-electron chi connectivity index (χ0n) is 13.6. The normalized spacial score (nSPS) is 16.9. The molecule has 2 aromatic carbocycles. The Bertz CT molecular complexity index is 779. The highest BCUT2D eigenvalue weighted by molar-refractivity contribution is 5.88. The molecule has 0 spiro atoms. The van der Waals surface area contributed by atoms with Crippen LogP contribution in [0.15, 0.2) is 36.4 Å². The number of halogens is 1. The molecular weight excluding hydrogens is 305 g/mol. The van der Waals surface area contributed by atoms with Crippen molar-refractivity contribution >= 4 is 17.3 Å². The fraction of sp³-hybridized carbons (Fsp3) is 0.350. The summed E-state index contributed by atoms with van der Waals surface area (Å²) in [5, 5.41) is 8.98. The van der Waals surface area contributed by atoms with Crippen LogP contribution in [0.5, 0.6) is 0 Å². The van der Waals surface area contributed by atoms with E-state index in [1.54, 1.807) is 6.07 Å². The summed E-state index contributed by atoms with van der Waals surface area (Å²) in [6, 6.07) is 10.7. The van der Waals surface area contributed by atoms with Gasteiger partial charge in [-0.2, -0.15) is 0 Å². The molecule has 0 atom stereocenters. The van der Waals surface area contributed by atoms with Crippen molar-refractivity contribution in [1.82, 2.24) is 0 Å². The molecule has 24 heavy (non-hydrogen) atoms. The average molecular weight is 325 g/mol. The highest BCUT2D eigenvalue weighted by Gasteiger charge is 2.29. The number of nitrogens with zero attached hydrogens (tertiary/aromatic N) is 1. The summed E-state index contributed by atoms with van der Waals surface area (Å²) in [5.74, 6) is -0.331. The van der Waals surface area contributed by atoms with Gasteiger partial charge in [-0.15, -0.1) is 0 Å². The van der Waals surface area contributed by atoms with Crippen molar-refractivity contribution in [2.45, 2.75) is 37.5 Å². The van der Waals surface area contributed by atoms with E-state index in [1.807, 2.05) is 11.9 Å². The number of benzene rings is 2. The number of hydrogen-bond acceptors (Lipinski definition) is 2. The van der Waals surface area contributed by atoms with Crippen LogP contribution in [-0.4, -0.2) is 18.1 Å². The van der Waals surface area contributed by atoms with Gasteiger partial charge in [-0.25, -0.2) is 9.18 Å². The molecule has 1 N–H and O–H groups in total. The second-order valence-electron chi connectivity index (χ2n) is 6.94. The van der Waals surface area contributed by atoms with Gasteiger partial charge in [0.15, 0.2) is 0 Å². The van der Waals surface area contributed by atoms with Gasteiger partial charge < -0.3 is 10.0 Å². The van der Waals surface area contributed by atoms with Crippen molar-refractivity contribution in [1.29, 1.82) is 0 Å². The minimum atomic E-state index is -1.12. The van der Waals surface area contributed by atoms with Crippen LogP contribution >= 0.6 is 0 Å². The Morgan fingerprint density at radius 3 is 2.08 bits per heavy atom. The maximum atomic E-state index is 14.4. The molecule has 0 unspecified atom stereocenters. The minimum absolute atomic E-state index is 0.0324. The molecule has 0 aliphatic heterocycles. The number of carbonyl (C=O) groups is 1. The fourth-order valence-electron chi connectivity index (χ4n) is 3.21. The van der Waals surface area contributed by atoms with Crippen LogP contribution in [0.25, 0.3) is 0 Å². The summed E-state index contributed by atoms with van der Waals surface area (Å²) >= 11 is 0. The van der Waals surface area contributed by atoms with Gasteiger partial charge in [0.25, 0.3) is 0 Å². The maximum absolute atomic E-state index is 14.4. The first kappa shape index (κ1) is 15.2. The van der Waals surface area contributed by atoms with E-state index in [-0.39, 0.29) is 5.56 Å². The SMILES string of the molecule is CN(c1cc(C2CC2)cc(C2CC2)c1)c1ccc(C(=O)O)cc1F. The molecule has 0 aromatic heterocycles. The van der Waals surface area contributed by atoms with Crippen LogP contribution in [0.2, 0.25) is 0 Å². The summed E-state index contributed by atoms with van der Waals surface area (Å²) in [5.41, 5.74) is 4.04. The lowest BCUT2D eigenvalue weighted by molar-refractivity contribution is 0.0696. The Kier molecular flexibility index (Phi) is 3.56.